The number of carbonyl (C=O) groups excluding carboxylic acids is 1. The molecule has 0 fully saturated rings. The molecule has 0 aromatic heterocycles. The van der Waals surface area contributed by atoms with Crippen LogP contribution in [0.3, 0.4) is 0 Å². The zero-order chi connectivity index (χ0) is 17.6. The SMILES string of the molecule is O=C(CC(c1ccccc1)c1ccccc1)Nc1c(Cl)cccc1Cl. The molecule has 25 heavy (non-hydrogen) atoms. The number of hydrogen-bond acceptors (Lipinski definition) is 1. The minimum atomic E-state index is -0.132. The Morgan fingerprint density at radius 2 is 1.24 bits per heavy atom. The Labute approximate surface area is 157 Å². The maximum atomic E-state index is 12.6. The molecular weight excluding hydrogens is 353 g/mol. The number of carbonyl (C=O) groups is 1. The first kappa shape index (κ1) is 17.5. The second-order valence-electron chi connectivity index (χ2n) is 5.72. The van der Waals surface area contributed by atoms with Gasteiger partial charge in [0.15, 0.2) is 0 Å². The van der Waals surface area contributed by atoms with Crippen LogP contribution >= 0.6 is 23.2 Å². The molecule has 0 radical (unpaired) electrons. The van der Waals surface area contributed by atoms with Gasteiger partial charge in [-0.15, -0.1) is 0 Å². The lowest BCUT2D eigenvalue weighted by atomic mass is 9.88. The molecule has 4 heteroatoms. The maximum Gasteiger partial charge on any atom is 0.225 e. The summed E-state index contributed by atoms with van der Waals surface area (Å²) in [6.45, 7) is 0. The Morgan fingerprint density at radius 1 is 0.760 bits per heavy atom. The van der Waals surface area contributed by atoms with Crippen molar-refractivity contribution in [2.24, 2.45) is 0 Å². The number of anilines is 1. The number of benzene rings is 3. The fraction of sp³-hybridized carbons (Fsp3) is 0.0952. The van der Waals surface area contributed by atoms with Crippen LogP contribution < -0.4 is 5.32 Å². The van der Waals surface area contributed by atoms with E-state index in [1.807, 2.05) is 60.7 Å². The highest BCUT2D eigenvalue weighted by molar-refractivity contribution is 6.39. The zero-order valence-electron chi connectivity index (χ0n) is 13.5. The molecule has 1 N–H and O–H groups in total. The summed E-state index contributed by atoms with van der Waals surface area (Å²) in [6.07, 6.45) is 0.301. The smallest absolute Gasteiger partial charge is 0.225 e. The highest BCUT2D eigenvalue weighted by Crippen LogP contribution is 2.32. The Kier molecular flexibility index (Phi) is 5.75. The molecule has 126 valence electrons. The number of amides is 1. The van der Waals surface area contributed by atoms with Gasteiger partial charge < -0.3 is 5.32 Å². The van der Waals surface area contributed by atoms with E-state index in [1.165, 1.54) is 0 Å². The first-order valence-electron chi connectivity index (χ1n) is 7.99. The van der Waals surface area contributed by atoms with Crippen molar-refractivity contribution in [3.63, 3.8) is 0 Å². The average Bonchev–Trinajstić information content (AvgIpc) is 2.64. The van der Waals surface area contributed by atoms with Crippen LogP contribution in [0.25, 0.3) is 0 Å². The Hall–Kier alpha value is -2.29. The van der Waals surface area contributed by atoms with Crippen molar-refractivity contribution >= 4 is 34.8 Å². The minimum Gasteiger partial charge on any atom is -0.324 e. The molecule has 0 aliphatic rings. The molecule has 0 saturated carbocycles. The van der Waals surface area contributed by atoms with Crippen molar-refractivity contribution < 1.29 is 4.79 Å². The molecule has 0 aliphatic carbocycles. The van der Waals surface area contributed by atoms with Crippen molar-refractivity contribution in [3.8, 4) is 0 Å². The van der Waals surface area contributed by atoms with Crippen molar-refractivity contribution in [2.45, 2.75) is 12.3 Å². The Bertz CT molecular complexity index is 791. The van der Waals surface area contributed by atoms with Gasteiger partial charge in [-0.2, -0.15) is 0 Å². The number of hydrogen-bond donors (Lipinski definition) is 1. The van der Waals surface area contributed by atoms with Gasteiger partial charge in [-0.3, -0.25) is 4.79 Å². The van der Waals surface area contributed by atoms with Crippen LogP contribution in [0, 0.1) is 0 Å². The molecule has 0 saturated heterocycles. The van der Waals surface area contributed by atoms with Gasteiger partial charge in [-0.1, -0.05) is 89.9 Å². The zero-order valence-corrected chi connectivity index (χ0v) is 15.0. The highest BCUT2D eigenvalue weighted by atomic mass is 35.5. The summed E-state index contributed by atoms with van der Waals surface area (Å²) in [6, 6.07) is 25.2. The summed E-state index contributed by atoms with van der Waals surface area (Å²) in [4.78, 5) is 12.6. The van der Waals surface area contributed by atoms with Gasteiger partial charge in [0.1, 0.15) is 0 Å². The molecule has 3 aromatic rings. The average molecular weight is 370 g/mol. The van der Waals surface area contributed by atoms with E-state index in [0.717, 1.165) is 11.1 Å². The van der Waals surface area contributed by atoms with Crippen molar-refractivity contribution in [3.05, 3.63) is 100 Å². The fourth-order valence-corrected chi connectivity index (χ4v) is 3.28. The molecule has 0 aliphatic heterocycles. The van der Waals surface area contributed by atoms with Crippen molar-refractivity contribution in [1.82, 2.24) is 0 Å². The molecule has 0 atom stereocenters. The van der Waals surface area contributed by atoms with E-state index in [9.17, 15) is 4.79 Å². The van der Waals surface area contributed by atoms with E-state index in [-0.39, 0.29) is 11.8 Å². The molecule has 1 amide bonds. The van der Waals surface area contributed by atoms with Crippen LogP contribution in [0.5, 0.6) is 0 Å². The van der Waals surface area contributed by atoms with Crippen molar-refractivity contribution in [1.29, 1.82) is 0 Å². The van der Waals surface area contributed by atoms with E-state index < -0.39 is 0 Å². The third-order valence-corrected chi connectivity index (χ3v) is 4.65. The van der Waals surface area contributed by atoms with Crippen molar-refractivity contribution in [2.75, 3.05) is 5.32 Å². The summed E-state index contributed by atoms with van der Waals surface area (Å²) in [7, 11) is 0. The van der Waals surface area contributed by atoms with E-state index in [1.54, 1.807) is 18.2 Å². The lowest BCUT2D eigenvalue weighted by molar-refractivity contribution is -0.116. The third-order valence-electron chi connectivity index (χ3n) is 4.02. The molecule has 2 nitrogen and oxygen atoms in total. The molecule has 3 aromatic carbocycles. The van der Waals surface area contributed by atoms with E-state index in [0.29, 0.717) is 22.2 Å². The number of halogens is 2. The van der Waals surface area contributed by atoms with Gasteiger partial charge in [-0.25, -0.2) is 0 Å². The van der Waals surface area contributed by atoms with Crippen LogP contribution in [0.15, 0.2) is 78.9 Å². The highest BCUT2D eigenvalue weighted by Gasteiger charge is 2.19. The minimum absolute atomic E-state index is 0.0383. The lowest BCUT2D eigenvalue weighted by Gasteiger charge is -2.18. The van der Waals surface area contributed by atoms with E-state index in [2.05, 4.69) is 5.32 Å². The third kappa shape index (κ3) is 4.41. The number of rotatable bonds is 5. The van der Waals surface area contributed by atoms with Crippen LogP contribution in [-0.4, -0.2) is 5.91 Å². The van der Waals surface area contributed by atoms with Gasteiger partial charge in [0.25, 0.3) is 0 Å². The van der Waals surface area contributed by atoms with Gasteiger partial charge in [0.2, 0.25) is 5.91 Å². The summed E-state index contributed by atoms with van der Waals surface area (Å²) in [5.74, 6) is -0.170. The van der Waals surface area contributed by atoms with Crippen LogP contribution in [0.1, 0.15) is 23.5 Å². The maximum absolute atomic E-state index is 12.6. The second kappa shape index (κ2) is 8.19. The van der Waals surface area contributed by atoms with Crippen LogP contribution in [-0.2, 0) is 4.79 Å². The van der Waals surface area contributed by atoms with Crippen LogP contribution in [0.2, 0.25) is 10.0 Å². The predicted molar refractivity (Wildman–Crippen MR) is 104 cm³/mol. The molecule has 0 heterocycles. The van der Waals surface area contributed by atoms with E-state index in [4.69, 9.17) is 23.2 Å². The topological polar surface area (TPSA) is 29.1 Å². The van der Waals surface area contributed by atoms with Gasteiger partial charge in [0, 0.05) is 12.3 Å². The van der Waals surface area contributed by atoms with E-state index >= 15 is 0 Å². The largest absolute Gasteiger partial charge is 0.324 e. The normalized spacial score (nSPS) is 10.7. The first-order valence-corrected chi connectivity index (χ1v) is 8.74. The van der Waals surface area contributed by atoms with Gasteiger partial charge in [0.05, 0.1) is 15.7 Å². The Morgan fingerprint density at radius 3 is 1.72 bits per heavy atom. The molecule has 0 bridgehead atoms. The monoisotopic (exact) mass is 369 g/mol. The fourth-order valence-electron chi connectivity index (χ4n) is 2.79. The first-order chi connectivity index (χ1) is 12.1. The predicted octanol–water partition coefficient (Wildman–Crippen LogP) is 6.15. The summed E-state index contributed by atoms with van der Waals surface area (Å²) < 4.78 is 0. The molecule has 3 rings (SSSR count). The number of nitrogens with one attached hydrogen (secondary N) is 1. The van der Waals surface area contributed by atoms with Gasteiger partial charge >= 0.3 is 0 Å². The lowest BCUT2D eigenvalue weighted by Crippen LogP contribution is -2.17. The molecule has 0 unspecified atom stereocenters. The number of para-hydroxylation sites is 1. The Balaban J connectivity index is 1.84. The molecular formula is C21H17Cl2NO. The summed E-state index contributed by atoms with van der Waals surface area (Å²) >= 11 is 12.3. The molecule has 0 spiro atoms. The quantitative estimate of drug-likeness (QED) is 0.573. The summed E-state index contributed by atoms with van der Waals surface area (Å²) in [5.41, 5.74) is 2.64. The second-order valence-corrected chi connectivity index (χ2v) is 6.54. The van der Waals surface area contributed by atoms with Gasteiger partial charge in [-0.05, 0) is 23.3 Å². The summed E-state index contributed by atoms with van der Waals surface area (Å²) in [5, 5.41) is 3.70. The standard InChI is InChI=1S/C21H17Cl2NO/c22-18-12-7-13-19(23)21(18)24-20(25)14-17(15-8-3-1-4-9-15)16-10-5-2-6-11-16/h1-13,17H,14H2,(H,24,25). The van der Waals surface area contributed by atoms with Crippen LogP contribution in [0.4, 0.5) is 5.69 Å².